The number of carbonyl (C=O) groups is 2. The number of nitrogens with one attached hydrogen (secondary N) is 1. The normalized spacial score (nSPS) is 18.0. The summed E-state index contributed by atoms with van der Waals surface area (Å²) >= 11 is 0. The number of pyridine rings is 1. The molecular weight excluding hydrogens is 256 g/mol. The third-order valence-corrected chi connectivity index (χ3v) is 3.10. The molecule has 3 N–H and O–H groups in total. The summed E-state index contributed by atoms with van der Waals surface area (Å²) in [4.78, 5) is 29.8. The fourth-order valence-electron chi connectivity index (χ4n) is 2.02. The van der Waals surface area contributed by atoms with Gasteiger partial charge in [0.15, 0.2) is 0 Å². The van der Waals surface area contributed by atoms with Gasteiger partial charge in [-0.25, -0.2) is 4.98 Å². The predicted molar refractivity (Wildman–Crippen MR) is 73.7 cm³/mol. The third-order valence-electron chi connectivity index (χ3n) is 3.10. The minimum atomic E-state index is -0.506. The van der Waals surface area contributed by atoms with E-state index in [-0.39, 0.29) is 24.1 Å². The average molecular weight is 272 g/mol. The van der Waals surface area contributed by atoms with Crippen LogP contribution in [-0.2, 0) is 4.79 Å². The highest BCUT2D eigenvalue weighted by Crippen LogP contribution is 2.12. The van der Waals surface area contributed by atoms with Crippen molar-refractivity contribution < 1.29 is 9.59 Å². The summed E-state index contributed by atoms with van der Waals surface area (Å²) in [6.07, 6.45) is 1.54. The molecule has 1 saturated heterocycles. The molecule has 1 aliphatic rings. The van der Waals surface area contributed by atoms with E-state index in [1.54, 1.807) is 19.1 Å². The monoisotopic (exact) mass is 272 g/mol. The van der Waals surface area contributed by atoms with E-state index in [4.69, 9.17) is 5.73 Å². The van der Waals surface area contributed by atoms with E-state index in [0.29, 0.717) is 18.7 Å². The molecule has 0 spiro atoms. The van der Waals surface area contributed by atoms with Crippen LogP contribution in [0, 0.1) is 11.8 Å². The molecule has 2 heterocycles. The van der Waals surface area contributed by atoms with Gasteiger partial charge in [0.25, 0.3) is 5.91 Å². The Morgan fingerprint density at radius 3 is 3.20 bits per heavy atom. The van der Waals surface area contributed by atoms with Gasteiger partial charge in [0, 0.05) is 19.3 Å². The van der Waals surface area contributed by atoms with Gasteiger partial charge in [0.1, 0.15) is 11.7 Å². The molecule has 1 aromatic rings. The lowest BCUT2D eigenvalue weighted by Crippen LogP contribution is -2.56. The van der Waals surface area contributed by atoms with Crippen LogP contribution in [0.15, 0.2) is 18.3 Å². The molecule has 1 unspecified atom stereocenters. The number of nitrogens with two attached hydrogens (primary N) is 1. The Morgan fingerprint density at radius 1 is 1.65 bits per heavy atom. The highest BCUT2D eigenvalue weighted by Gasteiger charge is 2.31. The zero-order valence-corrected chi connectivity index (χ0v) is 11.2. The SMILES string of the molecule is CC1C(=O)NCCN1C(=O)c1ncccc1C#CCN. The molecule has 1 fully saturated rings. The Balaban J connectivity index is 2.31. The fourth-order valence-corrected chi connectivity index (χ4v) is 2.02. The molecule has 6 nitrogen and oxygen atoms in total. The summed E-state index contributed by atoms with van der Waals surface area (Å²) < 4.78 is 0. The second-order valence-corrected chi connectivity index (χ2v) is 4.37. The first-order valence-electron chi connectivity index (χ1n) is 6.37. The molecule has 0 bridgehead atoms. The van der Waals surface area contributed by atoms with E-state index in [9.17, 15) is 9.59 Å². The Hall–Kier alpha value is -2.39. The summed E-state index contributed by atoms with van der Waals surface area (Å²) in [7, 11) is 0. The minimum absolute atomic E-state index is 0.157. The summed E-state index contributed by atoms with van der Waals surface area (Å²) in [5.74, 6) is 5.10. The van der Waals surface area contributed by atoms with Crippen molar-refractivity contribution in [1.29, 1.82) is 0 Å². The van der Waals surface area contributed by atoms with Crippen LogP contribution in [-0.4, -0.2) is 47.4 Å². The quantitative estimate of drug-likeness (QED) is 0.665. The van der Waals surface area contributed by atoms with Crippen molar-refractivity contribution in [2.24, 2.45) is 5.73 Å². The summed E-state index contributed by atoms with van der Waals surface area (Å²) in [5.41, 5.74) is 6.13. The molecule has 0 aliphatic carbocycles. The van der Waals surface area contributed by atoms with Crippen molar-refractivity contribution in [2.75, 3.05) is 19.6 Å². The molecule has 0 saturated carbocycles. The molecule has 6 heteroatoms. The van der Waals surface area contributed by atoms with Crippen LogP contribution in [0.2, 0.25) is 0 Å². The number of carbonyl (C=O) groups excluding carboxylic acids is 2. The second kappa shape index (κ2) is 6.17. The van der Waals surface area contributed by atoms with Crippen LogP contribution in [0.3, 0.4) is 0 Å². The summed E-state index contributed by atoms with van der Waals surface area (Å²) in [6.45, 7) is 2.82. The summed E-state index contributed by atoms with van der Waals surface area (Å²) in [5, 5.41) is 2.72. The first-order valence-corrected chi connectivity index (χ1v) is 6.37. The molecular formula is C14H16N4O2. The van der Waals surface area contributed by atoms with E-state index in [1.807, 2.05) is 0 Å². The van der Waals surface area contributed by atoms with Crippen LogP contribution in [0.25, 0.3) is 0 Å². The third kappa shape index (κ3) is 2.78. The predicted octanol–water partition coefficient (Wildman–Crippen LogP) is -0.648. The molecule has 2 amide bonds. The van der Waals surface area contributed by atoms with E-state index in [2.05, 4.69) is 22.1 Å². The van der Waals surface area contributed by atoms with Gasteiger partial charge in [-0.3, -0.25) is 9.59 Å². The fraction of sp³-hybridized carbons (Fsp3) is 0.357. The van der Waals surface area contributed by atoms with Gasteiger partial charge in [-0.05, 0) is 19.1 Å². The van der Waals surface area contributed by atoms with Gasteiger partial charge in [-0.2, -0.15) is 0 Å². The maximum atomic E-state index is 12.5. The van der Waals surface area contributed by atoms with E-state index in [0.717, 1.165) is 0 Å². The topological polar surface area (TPSA) is 88.3 Å². The standard InChI is InChI=1S/C14H16N4O2/c1-10-13(19)17-8-9-18(10)14(20)12-11(4-2-6-15)5-3-7-16-12/h3,5,7,10H,6,8-9,15H2,1H3,(H,17,19). The van der Waals surface area contributed by atoms with Crippen molar-refractivity contribution in [3.63, 3.8) is 0 Å². The van der Waals surface area contributed by atoms with Crippen LogP contribution >= 0.6 is 0 Å². The van der Waals surface area contributed by atoms with Crippen molar-refractivity contribution in [3.8, 4) is 11.8 Å². The number of rotatable bonds is 1. The molecule has 0 aromatic carbocycles. The number of amides is 2. The number of nitrogens with zero attached hydrogens (tertiary/aromatic N) is 2. The van der Waals surface area contributed by atoms with Crippen LogP contribution in [0.1, 0.15) is 23.0 Å². The Kier molecular flexibility index (Phi) is 4.33. The number of aromatic nitrogens is 1. The number of piperazine rings is 1. The Bertz CT molecular complexity index is 588. The van der Waals surface area contributed by atoms with E-state index in [1.165, 1.54) is 11.1 Å². The highest BCUT2D eigenvalue weighted by atomic mass is 16.2. The summed E-state index contributed by atoms with van der Waals surface area (Å²) in [6, 6.07) is 2.93. The molecule has 0 radical (unpaired) electrons. The zero-order valence-electron chi connectivity index (χ0n) is 11.2. The lowest BCUT2D eigenvalue weighted by atomic mass is 10.1. The Labute approximate surface area is 117 Å². The number of hydrogen-bond donors (Lipinski definition) is 2. The molecule has 104 valence electrons. The average Bonchev–Trinajstić information content (AvgIpc) is 2.47. The Morgan fingerprint density at radius 2 is 2.45 bits per heavy atom. The second-order valence-electron chi connectivity index (χ2n) is 4.37. The molecule has 1 aliphatic heterocycles. The molecule has 1 aromatic heterocycles. The van der Waals surface area contributed by atoms with Crippen LogP contribution in [0.5, 0.6) is 0 Å². The van der Waals surface area contributed by atoms with Crippen molar-refractivity contribution in [1.82, 2.24) is 15.2 Å². The van der Waals surface area contributed by atoms with Crippen LogP contribution in [0.4, 0.5) is 0 Å². The largest absolute Gasteiger partial charge is 0.353 e. The number of hydrogen-bond acceptors (Lipinski definition) is 4. The maximum absolute atomic E-state index is 12.5. The van der Waals surface area contributed by atoms with Gasteiger partial charge in [0.05, 0.1) is 12.1 Å². The smallest absolute Gasteiger partial charge is 0.274 e. The molecule has 1 atom stereocenters. The first kappa shape index (κ1) is 14.0. The van der Waals surface area contributed by atoms with Crippen LogP contribution < -0.4 is 11.1 Å². The van der Waals surface area contributed by atoms with Gasteiger partial charge in [-0.1, -0.05) is 11.8 Å². The molecule has 2 rings (SSSR count). The van der Waals surface area contributed by atoms with Crippen molar-refractivity contribution in [3.05, 3.63) is 29.6 Å². The lowest BCUT2D eigenvalue weighted by molar-refractivity contribution is -0.127. The first-order chi connectivity index (χ1) is 9.65. The van der Waals surface area contributed by atoms with E-state index >= 15 is 0 Å². The van der Waals surface area contributed by atoms with Gasteiger partial charge in [0.2, 0.25) is 5.91 Å². The maximum Gasteiger partial charge on any atom is 0.274 e. The lowest BCUT2D eigenvalue weighted by Gasteiger charge is -2.32. The van der Waals surface area contributed by atoms with Gasteiger partial charge >= 0.3 is 0 Å². The highest BCUT2D eigenvalue weighted by molar-refractivity contribution is 5.98. The van der Waals surface area contributed by atoms with Gasteiger partial charge < -0.3 is 16.0 Å². The van der Waals surface area contributed by atoms with Crippen molar-refractivity contribution >= 4 is 11.8 Å². The molecule has 20 heavy (non-hydrogen) atoms. The van der Waals surface area contributed by atoms with Gasteiger partial charge in [-0.15, -0.1) is 0 Å². The minimum Gasteiger partial charge on any atom is -0.353 e. The van der Waals surface area contributed by atoms with E-state index < -0.39 is 6.04 Å². The van der Waals surface area contributed by atoms with Crippen molar-refractivity contribution in [2.45, 2.75) is 13.0 Å². The zero-order chi connectivity index (χ0) is 14.5.